The number of amides is 2. The maximum absolute atomic E-state index is 12.4. The molecule has 2 rings (SSSR count). The molecule has 1 N–H and O–H groups in total. The Balaban J connectivity index is 1.83. The van der Waals surface area contributed by atoms with Gasteiger partial charge in [-0.3, -0.25) is 14.6 Å². The van der Waals surface area contributed by atoms with Crippen molar-refractivity contribution in [3.8, 4) is 0 Å². The van der Waals surface area contributed by atoms with E-state index in [0.717, 1.165) is 18.5 Å². The Morgan fingerprint density at radius 3 is 2.82 bits per heavy atom. The Morgan fingerprint density at radius 2 is 2.18 bits per heavy atom. The van der Waals surface area contributed by atoms with Crippen LogP contribution in [0.3, 0.4) is 0 Å². The highest BCUT2D eigenvalue weighted by molar-refractivity contribution is 5.94. The summed E-state index contributed by atoms with van der Waals surface area (Å²) in [5.41, 5.74) is 1.51. The topological polar surface area (TPSA) is 62.3 Å². The summed E-state index contributed by atoms with van der Waals surface area (Å²) in [5, 5.41) is 3.03. The zero-order chi connectivity index (χ0) is 16.1. The third-order valence-corrected chi connectivity index (χ3v) is 3.95. The predicted octanol–water partition coefficient (Wildman–Crippen LogP) is 2.16. The van der Waals surface area contributed by atoms with Crippen molar-refractivity contribution in [3.63, 3.8) is 0 Å². The summed E-state index contributed by atoms with van der Waals surface area (Å²) in [4.78, 5) is 30.2. The summed E-state index contributed by atoms with van der Waals surface area (Å²) < 4.78 is 0. The first kappa shape index (κ1) is 16.5. The third-order valence-electron chi connectivity index (χ3n) is 3.95. The second-order valence-corrected chi connectivity index (χ2v) is 6.43. The molecule has 0 bridgehead atoms. The fourth-order valence-corrected chi connectivity index (χ4v) is 2.56. The van der Waals surface area contributed by atoms with E-state index >= 15 is 0 Å². The van der Waals surface area contributed by atoms with Gasteiger partial charge in [0.15, 0.2) is 0 Å². The number of likely N-dealkylation sites (tertiary alicyclic amines) is 1. The summed E-state index contributed by atoms with van der Waals surface area (Å²) in [6.07, 6.45) is 3.89. The van der Waals surface area contributed by atoms with Gasteiger partial charge in [-0.1, -0.05) is 13.8 Å². The highest BCUT2D eigenvalue weighted by atomic mass is 16.2. The minimum absolute atomic E-state index is 0.00794. The molecule has 120 valence electrons. The van der Waals surface area contributed by atoms with Crippen molar-refractivity contribution in [3.05, 3.63) is 29.6 Å². The smallest absolute Gasteiger partial charge is 0.255 e. The molecule has 0 unspecified atom stereocenters. The molecule has 2 amide bonds. The molecule has 0 aromatic carbocycles. The average Bonchev–Trinajstić information content (AvgIpc) is 2.93. The highest BCUT2D eigenvalue weighted by Crippen LogP contribution is 2.14. The standard InChI is InChI=1S/C17H25N3O2/c1-12(2)4-7-16(21)19-15-8-9-20(11-15)17(22)14-6-5-13(3)18-10-14/h5-6,10,12,15H,4,7-9,11H2,1-3H3,(H,19,21)/t15-/m1/s1. The van der Waals surface area contributed by atoms with Crippen LogP contribution in [0.15, 0.2) is 18.3 Å². The van der Waals surface area contributed by atoms with E-state index in [2.05, 4.69) is 24.1 Å². The fourth-order valence-electron chi connectivity index (χ4n) is 2.56. The average molecular weight is 303 g/mol. The molecule has 5 heteroatoms. The lowest BCUT2D eigenvalue weighted by Crippen LogP contribution is -2.38. The lowest BCUT2D eigenvalue weighted by Gasteiger charge is -2.17. The van der Waals surface area contributed by atoms with Crippen LogP contribution in [0, 0.1) is 12.8 Å². The maximum atomic E-state index is 12.4. The number of aromatic nitrogens is 1. The molecule has 0 radical (unpaired) electrons. The van der Waals surface area contributed by atoms with E-state index < -0.39 is 0 Å². The van der Waals surface area contributed by atoms with Gasteiger partial charge in [0.2, 0.25) is 5.91 Å². The van der Waals surface area contributed by atoms with Crippen molar-refractivity contribution in [2.24, 2.45) is 5.92 Å². The molecule has 1 aliphatic heterocycles. The van der Waals surface area contributed by atoms with Gasteiger partial charge in [-0.2, -0.15) is 0 Å². The Morgan fingerprint density at radius 1 is 1.41 bits per heavy atom. The van der Waals surface area contributed by atoms with Gasteiger partial charge >= 0.3 is 0 Å². The summed E-state index contributed by atoms with van der Waals surface area (Å²) >= 11 is 0. The van der Waals surface area contributed by atoms with Crippen LogP contribution in [0.5, 0.6) is 0 Å². The number of carbonyl (C=O) groups excluding carboxylic acids is 2. The number of nitrogens with one attached hydrogen (secondary N) is 1. The summed E-state index contributed by atoms with van der Waals surface area (Å²) in [5.74, 6) is 0.609. The molecule has 0 saturated carbocycles. The van der Waals surface area contributed by atoms with Crippen molar-refractivity contribution in [2.75, 3.05) is 13.1 Å². The van der Waals surface area contributed by atoms with Gasteiger partial charge in [-0.05, 0) is 37.8 Å². The van der Waals surface area contributed by atoms with Crippen LogP contribution >= 0.6 is 0 Å². The lowest BCUT2D eigenvalue weighted by molar-refractivity contribution is -0.122. The van der Waals surface area contributed by atoms with Crippen LogP contribution in [0.1, 0.15) is 49.2 Å². The monoisotopic (exact) mass is 303 g/mol. The van der Waals surface area contributed by atoms with E-state index in [1.807, 2.05) is 13.0 Å². The summed E-state index contributed by atoms with van der Waals surface area (Å²) in [6.45, 7) is 7.38. The number of hydrogen-bond donors (Lipinski definition) is 1. The summed E-state index contributed by atoms with van der Waals surface area (Å²) in [6, 6.07) is 3.72. The van der Waals surface area contributed by atoms with Crippen molar-refractivity contribution < 1.29 is 9.59 Å². The first-order valence-corrected chi connectivity index (χ1v) is 7.97. The molecule has 1 atom stereocenters. The second-order valence-electron chi connectivity index (χ2n) is 6.43. The second kappa shape index (κ2) is 7.38. The number of rotatable bonds is 5. The summed E-state index contributed by atoms with van der Waals surface area (Å²) in [7, 11) is 0. The van der Waals surface area contributed by atoms with E-state index in [4.69, 9.17) is 0 Å². The van der Waals surface area contributed by atoms with Crippen LogP contribution in [-0.2, 0) is 4.79 Å². The predicted molar refractivity (Wildman–Crippen MR) is 85.5 cm³/mol. The van der Waals surface area contributed by atoms with Crippen LogP contribution in [0.25, 0.3) is 0 Å². The van der Waals surface area contributed by atoms with Crippen molar-refractivity contribution in [1.82, 2.24) is 15.2 Å². The van der Waals surface area contributed by atoms with Crippen LogP contribution in [-0.4, -0.2) is 40.8 Å². The van der Waals surface area contributed by atoms with Crippen LogP contribution < -0.4 is 5.32 Å². The first-order valence-electron chi connectivity index (χ1n) is 7.97. The molecule has 2 heterocycles. The molecule has 0 spiro atoms. The SMILES string of the molecule is Cc1ccc(C(=O)N2CC[C@@H](NC(=O)CCC(C)C)C2)cn1. The minimum Gasteiger partial charge on any atom is -0.352 e. The maximum Gasteiger partial charge on any atom is 0.255 e. The van der Waals surface area contributed by atoms with Crippen molar-refractivity contribution in [2.45, 2.75) is 46.1 Å². The van der Waals surface area contributed by atoms with E-state index in [1.165, 1.54) is 0 Å². The quantitative estimate of drug-likeness (QED) is 0.906. The molecule has 1 fully saturated rings. The molecule has 1 aromatic rings. The van der Waals surface area contributed by atoms with Gasteiger partial charge in [0.25, 0.3) is 5.91 Å². The molecule has 1 saturated heterocycles. The van der Waals surface area contributed by atoms with Crippen molar-refractivity contribution in [1.29, 1.82) is 0 Å². The number of aryl methyl sites for hydroxylation is 1. The normalized spacial score (nSPS) is 17.8. The third kappa shape index (κ3) is 4.55. The molecular formula is C17H25N3O2. The Hall–Kier alpha value is -1.91. The molecule has 1 aliphatic rings. The van der Waals surface area contributed by atoms with Gasteiger partial charge in [0.1, 0.15) is 0 Å². The van der Waals surface area contributed by atoms with E-state index in [9.17, 15) is 9.59 Å². The molecule has 5 nitrogen and oxygen atoms in total. The van der Waals surface area contributed by atoms with Gasteiger partial charge in [-0.15, -0.1) is 0 Å². The fraction of sp³-hybridized carbons (Fsp3) is 0.588. The van der Waals surface area contributed by atoms with Gasteiger partial charge in [0, 0.05) is 37.4 Å². The van der Waals surface area contributed by atoms with Crippen molar-refractivity contribution >= 4 is 11.8 Å². The van der Waals surface area contributed by atoms with E-state index in [0.29, 0.717) is 31.0 Å². The van der Waals surface area contributed by atoms with Crippen LogP contribution in [0.4, 0.5) is 0 Å². The van der Waals surface area contributed by atoms with Gasteiger partial charge in [-0.25, -0.2) is 0 Å². The molecule has 0 aliphatic carbocycles. The zero-order valence-electron chi connectivity index (χ0n) is 13.6. The minimum atomic E-state index is -0.00794. The largest absolute Gasteiger partial charge is 0.352 e. The van der Waals surface area contributed by atoms with E-state index in [-0.39, 0.29) is 17.9 Å². The number of nitrogens with zero attached hydrogens (tertiary/aromatic N) is 2. The molecular weight excluding hydrogens is 278 g/mol. The Labute approximate surface area is 132 Å². The first-order chi connectivity index (χ1) is 10.5. The Kier molecular flexibility index (Phi) is 5.52. The number of pyridine rings is 1. The van der Waals surface area contributed by atoms with E-state index in [1.54, 1.807) is 17.2 Å². The molecule has 1 aromatic heterocycles. The number of carbonyl (C=O) groups is 2. The van der Waals surface area contributed by atoms with Gasteiger partial charge in [0.05, 0.1) is 5.56 Å². The lowest BCUT2D eigenvalue weighted by atomic mass is 10.1. The molecule has 22 heavy (non-hydrogen) atoms. The number of hydrogen-bond acceptors (Lipinski definition) is 3. The highest BCUT2D eigenvalue weighted by Gasteiger charge is 2.27. The van der Waals surface area contributed by atoms with Gasteiger partial charge < -0.3 is 10.2 Å². The van der Waals surface area contributed by atoms with Crippen LogP contribution in [0.2, 0.25) is 0 Å². The zero-order valence-corrected chi connectivity index (χ0v) is 13.6. The Bertz CT molecular complexity index is 525.